The molecule has 0 saturated carbocycles. The van der Waals surface area contributed by atoms with E-state index < -0.39 is 0 Å². The molecule has 0 heterocycles. The van der Waals surface area contributed by atoms with Gasteiger partial charge in [-0.3, -0.25) is 0 Å². The Bertz CT molecular complexity index is 309. The third-order valence-electron chi connectivity index (χ3n) is 2.21. The van der Waals surface area contributed by atoms with Crippen LogP contribution in [0.4, 0.5) is 0 Å². The number of benzene rings is 1. The van der Waals surface area contributed by atoms with E-state index in [-0.39, 0.29) is 5.92 Å². The van der Waals surface area contributed by atoms with E-state index in [1.807, 2.05) is 24.3 Å². The molecule has 1 aromatic carbocycles. The van der Waals surface area contributed by atoms with E-state index in [0.717, 1.165) is 17.6 Å². The van der Waals surface area contributed by atoms with Crippen LogP contribution in [-0.2, 0) is 16.0 Å². The maximum atomic E-state index is 10.7. The van der Waals surface area contributed by atoms with Crippen LogP contribution in [0.5, 0.6) is 5.75 Å². The quantitative estimate of drug-likeness (QED) is 0.667. The van der Waals surface area contributed by atoms with Crippen LogP contribution in [0.15, 0.2) is 24.3 Å². The van der Waals surface area contributed by atoms with Crippen LogP contribution >= 0.6 is 0 Å². The first-order chi connectivity index (χ1) is 7.30. The predicted octanol–water partition coefficient (Wildman–Crippen LogP) is 1.70. The van der Waals surface area contributed by atoms with Gasteiger partial charge in [0.15, 0.2) is 0 Å². The lowest BCUT2D eigenvalue weighted by Crippen LogP contribution is -2.12. The van der Waals surface area contributed by atoms with Gasteiger partial charge in [-0.1, -0.05) is 12.1 Å². The molecule has 1 aromatic rings. The summed E-state index contributed by atoms with van der Waals surface area (Å²) in [6, 6.07) is 7.72. The molecule has 0 fully saturated rings. The number of aldehydes is 1. The first-order valence-electron chi connectivity index (χ1n) is 4.87. The van der Waals surface area contributed by atoms with Gasteiger partial charge in [-0.25, -0.2) is 0 Å². The van der Waals surface area contributed by atoms with Crippen molar-refractivity contribution in [3.05, 3.63) is 29.8 Å². The van der Waals surface area contributed by atoms with Gasteiger partial charge in [0, 0.05) is 13.0 Å². The number of rotatable bonds is 6. The van der Waals surface area contributed by atoms with Gasteiger partial charge >= 0.3 is 0 Å². The lowest BCUT2D eigenvalue weighted by molar-refractivity contribution is -0.112. The van der Waals surface area contributed by atoms with Crippen molar-refractivity contribution in [1.82, 2.24) is 0 Å². The Kier molecular flexibility index (Phi) is 4.84. The summed E-state index contributed by atoms with van der Waals surface area (Å²) in [6.45, 7) is 0.459. The van der Waals surface area contributed by atoms with Crippen LogP contribution in [0.1, 0.15) is 5.56 Å². The average Bonchev–Trinajstić information content (AvgIpc) is 2.29. The fraction of sp³-hybridized carbons (Fsp3) is 0.417. The van der Waals surface area contributed by atoms with Crippen LogP contribution < -0.4 is 4.74 Å². The second kappa shape index (κ2) is 6.19. The molecule has 0 N–H and O–H groups in total. The molecular weight excluding hydrogens is 192 g/mol. The number of hydrogen-bond acceptors (Lipinski definition) is 3. The van der Waals surface area contributed by atoms with E-state index in [0.29, 0.717) is 13.0 Å². The highest BCUT2D eigenvalue weighted by Crippen LogP contribution is 2.15. The topological polar surface area (TPSA) is 35.5 Å². The Labute approximate surface area is 90.0 Å². The molecule has 1 unspecified atom stereocenters. The van der Waals surface area contributed by atoms with Crippen molar-refractivity contribution in [3.63, 3.8) is 0 Å². The lowest BCUT2D eigenvalue weighted by Gasteiger charge is -2.09. The second-order valence-corrected chi connectivity index (χ2v) is 3.41. The van der Waals surface area contributed by atoms with Crippen LogP contribution in [0.25, 0.3) is 0 Å². The van der Waals surface area contributed by atoms with Crippen molar-refractivity contribution in [1.29, 1.82) is 0 Å². The van der Waals surface area contributed by atoms with E-state index >= 15 is 0 Å². The van der Waals surface area contributed by atoms with E-state index in [2.05, 4.69) is 0 Å². The Morgan fingerprint density at radius 2 is 2.20 bits per heavy atom. The van der Waals surface area contributed by atoms with E-state index in [4.69, 9.17) is 9.47 Å². The second-order valence-electron chi connectivity index (χ2n) is 3.41. The predicted molar refractivity (Wildman–Crippen MR) is 58.1 cm³/mol. The molecule has 3 nitrogen and oxygen atoms in total. The molecule has 82 valence electrons. The molecule has 1 rings (SSSR count). The molecule has 0 aliphatic carbocycles. The molecule has 0 bridgehead atoms. The van der Waals surface area contributed by atoms with Crippen molar-refractivity contribution in [2.24, 2.45) is 5.92 Å². The fourth-order valence-electron chi connectivity index (χ4n) is 1.46. The van der Waals surface area contributed by atoms with Gasteiger partial charge in [-0.15, -0.1) is 0 Å². The Morgan fingerprint density at radius 1 is 1.40 bits per heavy atom. The van der Waals surface area contributed by atoms with E-state index in [1.54, 1.807) is 14.2 Å². The molecule has 15 heavy (non-hydrogen) atoms. The SMILES string of the molecule is COCC(C=O)Cc1cccc(OC)c1. The zero-order valence-electron chi connectivity index (χ0n) is 9.10. The number of ether oxygens (including phenoxy) is 2. The van der Waals surface area contributed by atoms with E-state index in [1.165, 1.54) is 0 Å². The number of hydrogen-bond donors (Lipinski definition) is 0. The number of methoxy groups -OCH3 is 2. The van der Waals surface area contributed by atoms with Crippen LogP contribution in [0, 0.1) is 5.92 Å². The summed E-state index contributed by atoms with van der Waals surface area (Å²) in [5.41, 5.74) is 1.09. The molecule has 0 aliphatic rings. The molecular formula is C12H16O3. The van der Waals surface area contributed by atoms with Crippen LogP contribution in [0.2, 0.25) is 0 Å². The zero-order valence-corrected chi connectivity index (χ0v) is 9.10. The van der Waals surface area contributed by atoms with Gasteiger partial charge in [0.25, 0.3) is 0 Å². The van der Waals surface area contributed by atoms with Crippen molar-refractivity contribution >= 4 is 6.29 Å². The van der Waals surface area contributed by atoms with Crippen molar-refractivity contribution < 1.29 is 14.3 Å². The molecule has 0 amide bonds. The van der Waals surface area contributed by atoms with Crippen molar-refractivity contribution in [2.45, 2.75) is 6.42 Å². The summed E-state index contributed by atoms with van der Waals surface area (Å²) in [5.74, 6) is 0.733. The van der Waals surface area contributed by atoms with Crippen LogP contribution in [-0.4, -0.2) is 27.1 Å². The highest BCUT2D eigenvalue weighted by molar-refractivity contribution is 5.54. The molecule has 0 aliphatic heterocycles. The van der Waals surface area contributed by atoms with Gasteiger partial charge < -0.3 is 14.3 Å². The lowest BCUT2D eigenvalue weighted by atomic mass is 10.0. The minimum absolute atomic E-state index is 0.0814. The van der Waals surface area contributed by atoms with E-state index in [9.17, 15) is 4.79 Å². The molecule has 1 atom stereocenters. The zero-order chi connectivity index (χ0) is 11.1. The normalized spacial score (nSPS) is 12.1. The Morgan fingerprint density at radius 3 is 2.80 bits per heavy atom. The fourth-order valence-corrected chi connectivity index (χ4v) is 1.46. The van der Waals surface area contributed by atoms with Gasteiger partial charge in [-0.2, -0.15) is 0 Å². The molecule has 0 radical (unpaired) electrons. The summed E-state index contributed by atoms with van der Waals surface area (Å²) in [7, 11) is 3.23. The average molecular weight is 208 g/mol. The van der Waals surface area contributed by atoms with Crippen molar-refractivity contribution in [3.8, 4) is 5.75 Å². The van der Waals surface area contributed by atoms with Gasteiger partial charge in [0.05, 0.1) is 13.7 Å². The van der Waals surface area contributed by atoms with Crippen molar-refractivity contribution in [2.75, 3.05) is 20.8 Å². The third-order valence-corrected chi connectivity index (χ3v) is 2.21. The highest BCUT2D eigenvalue weighted by atomic mass is 16.5. The van der Waals surface area contributed by atoms with Gasteiger partial charge in [0.2, 0.25) is 0 Å². The van der Waals surface area contributed by atoms with Gasteiger partial charge in [-0.05, 0) is 24.1 Å². The number of carbonyl (C=O) groups excluding carboxylic acids is 1. The minimum Gasteiger partial charge on any atom is -0.497 e. The standard InChI is InChI=1S/C12H16O3/c1-14-9-11(8-13)6-10-4-3-5-12(7-10)15-2/h3-5,7-8,11H,6,9H2,1-2H3. The minimum atomic E-state index is -0.0814. The maximum Gasteiger partial charge on any atom is 0.125 e. The molecule has 0 saturated heterocycles. The largest absolute Gasteiger partial charge is 0.497 e. The van der Waals surface area contributed by atoms with Gasteiger partial charge in [0.1, 0.15) is 12.0 Å². The summed E-state index contributed by atoms with van der Waals surface area (Å²) < 4.78 is 10.1. The summed E-state index contributed by atoms with van der Waals surface area (Å²) in [6.07, 6.45) is 1.62. The Hall–Kier alpha value is -1.35. The summed E-state index contributed by atoms with van der Waals surface area (Å²) >= 11 is 0. The number of carbonyl (C=O) groups is 1. The molecule has 0 spiro atoms. The summed E-state index contributed by atoms with van der Waals surface area (Å²) in [5, 5.41) is 0. The first kappa shape index (κ1) is 11.7. The maximum absolute atomic E-state index is 10.7. The summed E-state index contributed by atoms with van der Waals surface area (Å²) in [4.78, 5) is 10.7. The monoisotopic (exact) mass is 208 g/mol. The molecule has 3 heteroatoms. The highest BCUT2D eigenvalue weighted by Gasteiger charge is 2.08. The van der Waals surface area contributed by atoms with Crippen LogP contribution in [0.3, 0.4) is 0 Å². The Balaban J connectivity index is 2.65. The third kappa shape index (κ3) is 3.72. The smallest absolute Gasteiger partial charge is 0.125 e. The first-order valence-corrected chi connectivity index (χ1v) is 4.87. The molecule has 0 aromatic heterocycles.